The molecule has 100 valence electrons. The third kappa shape index (κ3) is 2.04. The van der Waals surface area contributed by atoms with E-state index in [0.717, 1.165) is 28.9 Å². The van der Waals surface area contributed by atoms with E-state index in [9.17, 15) is 0 Å². The first-order valence-corrected chi connectivity index (χ1v) is 6.70. The van der Waals surface area contributed by atoms with Crippen molar-refractivity contribution in [1.29, 1.82) is 0 Å². The molecule has 2 aromatic carbocycles. The van der Waals surface area contributed by atoms with Gasteiger partial charge in [0.25, 0.3) is 0 Å². The molecule has 3 heteroatoms. The Balaban J connectivity index is 2.20. The highest BCUT2D eigenvalue weighted by molar-refractivity contribution is 5.79. The maximum absolute atomic E-state index is 7.27. The molecule has 1 aliphatic rings. The van der Waals surface area contributed by atoms with E-state index in [-0.39, 0.29) is 6.10 Å². The molecule has 0 radical (unpaired) electrons. The summed E-state index contributed by atoms with van der Waals surface area (Å²) in [6, 6.07) is 12.0. The standard InChI is InChI=1S/C17H16N2O/c1-11-5-3-4-6-15(11)16-9-13(19-2)7-12-8-14(10-18)20-17(12)16/h3-7,9,14H,8,10,18H2,1H3/t14-/m1/s1. The van der Waals surface area contributed by atoms with Crippen LogP contribution in [0, 0.1) is 13.5 Å². The average molecular weight is 264 g/mol. The monoisotopic (exact) mass is 264 g/mol. The lowest BCUT2D eigenvalue weighted by Gasteiger charge is -2.13. The molecule has 1 heterocycles. The molecule has 20 heavy (non-hydrogen) atoms. The Morgan fingerprint density at radius 2 is 2.10 bits per heavy atom. The van der Waals surface area contributed by atoms with E-state index in [2.05, 4.69) is 23.9 Å². The minimum atomic E-state index is 0.0220. The van der Waals surface area contributed by atoms with Gasteiger partial charge in [0.2, 0.25) is 0 Å². The van der Waals surface area contributed by atoms with Crippen molar-refractivity contribution in [3.8, 4) is 16.9 Å². The maximum atomic E-state index is 7.27. The van der Waals surface area contributed by atoms with Crippen molar-refractivity contribution in [1.82, 2.24) is 0 Å². The van der Waals surface area contributed by atoms with Gasteiger partial charge in [-0.3, -0.25) is 0 Å². The zero-order valence-electron chi connectivity index (χ0n) is 11.4. The second-order valence-electron chi connectivity index (χ2n) is 5.09. The third-order valence-electron chi connectivity index (χ3n) is 3.71. The summed E-state index contributed by atoms with van der Waals surface area (Å²) < 4.78 is 5.97. The highest BCUT2D eigenvalue weighted by Crippen LogP contribution is 2.42. The number of aryl methyl sites for hydroxylation is 1. The van der Waals surface area contributed by atoms with Gasteiger partial charge in [-0.2, -0.15) is 0 Å². The summed E-state index contributed by atoms with van der Waals surface area (Å²) in [4.78, 5) is 3.58. The molecular formula is C17H16N2O. The van der Waals surface area contributed by atoms with Crippen LogP contribution < -0.4 is 10.5 Å². The number of nitrogens with zero attached hydrogens (tertiary/aromatic N) is 1. The minimum Gasteiger partial charge on any atom is -0.488 e. The number of benzene rings is 2. The minimum absolute atomic E-state index is 0.0220. The number of ether oxygens (including phenoxy) is 1. The fourth-order valence-corrected chi connectivity index (χ4v) is 2.69. The van der Waals surface area contributed by atoms with Crippen molar-refractivity contribution in [3.63, 3.8) is 0 Å². The van der Waals surface area contributed by atoms with Gasteiger partial charge in [-0.1, -0.05) is 24.3 Å². The first-order chi connectivity index (χ1) is 9.72. The fraction of sp³-hybridized carbons (Fsp3) is 0.235. The fourth-order valence-electron chi connectivity index (χ4n) is 2.69. The molecule has 0 bridgehead atoms. The van der Waals surface area contributed by atoms with Crippen LogP contribution >= 0.6 is 0 Å². The van der Waals surface area contributed by atoms with Gasteiger partial charge in [0.15, 0.2) is 5.69 Å². The molecule has 2 aromatic rings. The molecule has 0 unspecified atom stereocenters. The van der Waals surface area contributed by atoms with Gasteiger partial charge in [0.1, 0.15) is 11.9 Å². The van der Waals surface area contributed by atoms with E-state index in [0.29, 0.717) is 12.2 Å². The first kappa shape index (κ1) is 12.7. The summed E-state index contributed by atoms with van der Waals surface area (Å²) in [7, 11) is 0. The highest BCUT2D eigenvalue weighted by atomic mass is 16.5. The smallest absolute Gasteiger partial charge is 0.188 e. The number of nitrogens with two attached hydrogens (primary N) is 1. The van der Waals surface area contributed by atoms with Gasteiger partial charge in [-0.25, -0.2) is 4.85 Å². The zero-order chi connectivity index (χ0) is 14.1. The van der Waals surface area contributed by atoms with E-state index in [1.54, 1.807) is 0 Å². The molecule has 3 rings (SSSR count). The molecule has 1 aliphatic heterocycles. The molecular weight excluding hydrogens is 248 g/mol. The molecule has 0 saturated heterocycles. The largest absolute Gasteiger partial charge is 0.488 e. The second kappa shape index (κ2) is 4.99. The lowest BCUT2D eigenvalue weighted by Crippen LogP contribution is -2.24. The highest BCUT2D eigenvalue weighted by Gasteiger charge is 2.26. The topological polar surface area (TPSA) is 39.6 Å². The molecule has 0 aliphatic carbocycles. The lowest BCUT2D eigenvalue weighted by atomic mass is 9.96. The van der Waals surface area contributed by atoms with Gasteiger partial charge in [0.05, 0.1) is 6.57 Å². The summed E-state index contributed by atoms with van der Waals surface area (Å²) >= 11 is 0. The molecule has 2 N–H and O–H groups in total. The molecule has 1 atom stereocenters. The number of fused-ring (bicyclic) bond motifs is 1. The Hall–Kier alpha value is -2.31. The van der Waals surface area contributed by atoms with Crippen LogP contribution in [-0.4, -0.2) is 12.6 Å². The molecule has 0 fully saturated rings. The van der Waals surface area contributed by atoms with Gasteiger partial charge < -0.3 is 10.5 Å². The predicted molar refractivity (Wildman–Crippen MR) is 80.1 cm³/mol. The van der Waals surface area contributed by atoms with Crippen molar-refractivity contribution in [3.05, 3.63) is 58.9 Å². The SMILES string of the molecule is [C-]#[N+]c1cc2c(c(-c3ccccc3C)c1)O[C@@H](CN)C2. The number of hydrogen-bond acceptors (Lipinski definition) is 2. The van der Waals surface area contributed by atoms with Crippen molar-refractivity contribution < 1.29 is 4.74 Å². The Bertz CT molecular complexity index is 701. The van der Waals surface area contributed by atoms with Crippen LogP contribution in [0.25, 0.3) is 16.0 Å². The maximum Gasteiger partial charge on any atom is 0.188 e. The van der Waals surface area contributed by atoms with Crippen LogP contribution in [0.15, 0.2) is 36.4 Å². The summed E-state index contributed by atoms with van der Waals surface area (Å²) in [6.45, 7) is 9.84. The van der Waals surface area contributed by atoms with E-state index in [1.165, 1.54) is 5.56 Å². The molecule has 0 spiro atoms. The van der Waals surface area contributed by atoms with Crippen LogP contribution in [-0.2, 0) is 6.42 Å². The summed E-state index contributed by atoms with van der Waals surface area (Å²) in [6.07, 6.45) is 0.808. The lowest BCUT2D eigenvalue weighted by molar-refractivity contribution is 0.242. The van der Waals surface area contributed by atoms with Crippen molar-refractivity contribution in [2.24, 2.45) is 5.73 Å². The summed E-state index contributed by atoms with van der Waals surface area (Å²) in [5.74, 6) is 0.891. The number of hydrogen-bond donors (Lipinski definition) is 1. The van der Waals surface area contributed by atoms with E-state index in [1.807, 2.05) is 24.3 Å². The Morgan fingerprint density at radius 1 is 1.30 bits per heavy atom. The summed E-state index contributed by atoms with van der Waals surface area (Å²) in [5, 5.41) is 0. The second-order valence-corrected chi connectivity index (χ2v) is 5.09. The van der Waals surface area contributed by atoms with Crippen molar-refractivity contribution in [2.75, 3.05) is 6.54 Å². The third-order valence-corrected chi connectivity index (χ3v) is 3.71. The van der Waals surface area contributed by atoms with E-state index in [4.69, 9.17) is 17.0 Å². The summed E-state index contributed by atoms with van der Waals surface area (Å²) in [5.41, 5.74) is 10.8. The van der Waals surface area contributed by atoms with Crippen LogP contribution in [0.5, 0.6) is 5.75 Å². The van der Waals surface area contributed by atoms with Gasteiger partial charge >= 0.3 is 0 Å². The van der Waals surface area contributed by atoms with Gasteiger partial charge in [0, 0.05) is 18.5 Å². The quantitative estimate of drug-likeness (QED) is 0.843. The molecule has 0 saturated carbocycles. The molecule has 0 aromatic heterocycles. The van der Waals surface area contributed by atoms with E-state index < -0.39 is 0 Å². The normalized spacial score (nSPS) is 16.4. The Labute approximate surface area is 118 Å². The van der Waals surface area contributed by atoms with Crippen molar-refractivity contribution >= 4 is 5.69 Å². The Morgan fingerprint density at radius 3 is 2.80 bits per heavy atom. The molecule has 3 nitrogen and oxygen atoms in total. The molecule has 0 amide bonds. The average Bonchev–Trinajstić information content (AvgIpc) is 2.90. The van der Waals surface area contributed by atoms with Gasteiger partial charge in [-0.15, -0.1) is 0 Å². The van der Waals surface area contributed by atoms with Crippen molar-refractivity contribution in [2.45, 2.75) is 19.4 Å². The van der Waals surface area contributed by atoms with E-state index >= 15 is 0 Å². The predicted octanol–water partition coefficient (Wildman–Crippen LogP) is 3.48. The van der Waals surface area contributed by atoms with Gasteiger partial charge in [-0.05, 0) is 35.7 Å². The first-order valence-electron chi connectivity index (χ1n) is 6.70. The Kier molecular flexibility index (Phi) is 3.17. The van der Waals surface area contributed by atoms with Crippen LogP contribution in [0.2, 0.25) is 0 Å². The van der Waals surface area contributed by atoms with Crippen LogP contribution in [0.3, 0.4) is 0 Å². The van der Waals surface area contributed by atoms with Crippen LogP contribution in [0.1, 0.15) is 11.1 Å². The zero-order valence-corrected chi connectivity index (χ0v) is 11.4. The number of rotatable bonds is 2. The van der Waals surface area contributed by atoms with Crippen LogP contribution in [0.4, 0.5) is 5.69 Å².